The third-order valence-electron chi connectivity index (χ3n) is 9.22. The molecule has 0 spiro atoms. The van der Waals surface area contributed by atoms with Gasteiger partial charge in [0.2, 0.25) is 12.3 Å². The van der Waals surface area contributed by atoms with Crippen LogP contribution in [0, 0.1) is 116 Å². The van der Waals surface area contributed by atoms with Crippen LogP contribution in [0.15, 0.2) is 54.9 Å². The molecule has 24 heteroatoms. The van der Waals surface area contributed by atoms with Crippen molar-refractivity contribution in [3.63, 3.8) is 0 Å². The number of benzene rings is 5. The van der Waals surface area contributed by atoms with Gasteiger partial charge in [-0.05, 0) is 12.1 Å². The zero-order chi connectivity index (χ0) is 46.4. The summed E-state index contributed by atoms with van der Waals surface area (Å²) in [6.45, 7) is 0.321. The van der Waals surface area contributed by atoms with Gasteiger partial charge in [0.25, 0.3) is 0 Å². The lowest BCUT2D eigenvalue weighted by Gasteiger charge is -2.44. The Morgan fingerprint density at radius 2 is 0.661 bits per heavy atom. The number of ether oxygens (including phenoxy) is 1. The van der Waals surface area contributed by atoms with Crippen molar-refractivity contribution in [2.45, 2.75) is 6.54 Å². The van der Waals surface area contributed by atoms with Gasteiger partial charge in [0, 0.05) is 12.1 Å². The summed E-state index contributed by atoms with van der Waals surface area (Å²) in [5, 5.41) is 0. The van der Waals surface area contributed by atoms with Crippen LogP contribution in [0.5, 0.6) is 5.75 Å². The van der Waals surface area contributed by atoms with Crippen molar-refractivity contribution in [1.82, 2.24) is 0 Å². The molecule has 326 valence electrons. The summed E-state index contributed by atoms with van der Waals surface area (Å²) in [6, 6.07) is 13.0. The molecule has 0 atom stereocenters. The van der Waals surface area contributed by atoms with Crippen molar-refractivity contribution >= 4 is 33.8 Å². The third kappa shape index (κ3) is 7.23. The van der Waals surface area contributed by atoms with Crippen molar-refractivity contribution < 1.29 is 102 Å². The Morgan fingerprint density at radius 3 is 0.935 bits per heavy atom. The maximum Gasteiger partial charge on any atom is 0.231 e. The highest BCUT2D eigenvalue weighted by molar-refractivity contribution is 7.20. The topological polar surface area (TPSA) is 30.2 Å². The SMILES string of the molecule is COc1ccccc1C(=O)C[n+]1ccccc1.Fc1c(F)c(F)c([B-](c2c(F)c(F)c(F)c(F)c2F)(c2c(F)c(F)c(F)c(F)c2F)c2c(F)c(F)c(F)c(F)c2F)c(F)c1F. The lowest BCUT2D eigenvalue weighted by molar-refractivity contribution is -0.683. The van der Waals surface area contributed by atoms with E-state index in [9.17, 15) is 57.5 Å². The van der Waals surface area contributed by atoms with Crippen LogP contribution in [0.1, 0.15) is 10.4 Å². The molecule has 3 nitrogen and oxygen atoms in total. The second-order valence-electron chi connectivity index (χ2n) is 12.5. The van der Waals surface area contributed by atoms with Crippen molar-refractivity contribution in [1.29, 1.82) is 0 Å². The van der Waals surface area contributed by atoms with Crippen molar-refractivity contribution in [2.24, 2.45) is 0 Å². The van der Waals surface area contributed by atoms with Crippen molar-refractivity contribution in [2.75, 3.05) is 7.11 Å². The Kier molecular flexibility index (Phi) is 13.0. The van der Waals surface area contributed by atoms with E-state index >= 15 is 35.1 Å². The van der Waals surface area contributed by atoms with Crippen LogP contribution >= 0.6 is 0 Å². The molecule has 6 aromatic rings. The fourth-order valence-electron chi connectivity index (χ4n) is 6.54. The number of para-hydroxylation sites is 1. The molecule has 0 N–H and O–H groups in total. The first-order chi connectivity index (χ1) is 29.0. The van der Waals surface area contributed by atoms with Crippen molar-refractivity contribution in [3.8, 4) is 5.75 Å². The molecule has 62 heavy (non-hydrogen) atoms. The monoisotopic (exact) mass is 907 g/mol. The minimum Gasteiger partial charge on any atom is -0.496 e. The van der Waals surface area contributed by atoms with E-state index in [1.807, 2.05) is 47.3 Å². The number of hydrogen-bond acceptors (Lipinski definition) is 2. The average molecular weight is 907 g/mol. The summed E-state index contributed by atoms with van der Waals surface area (Å²) in [6.07, 6.45) is -3.48. The van der Waals surface area contributed by atoms with Crippen LogP contribution in [0.3, 0.4) is 0 Å². The fourth-order valence-corrected chi connectivity index (χ4v) is 6.54. The van der Waals surface area contributed by atoms with Crippen LogP contribution in [0.25, 0.3) is 0 Å². The maximum atomic E-state index is 15.4. The van der Waals surface area contributed by atoms with Gasteiger partial charge in [-0.15, -0.1) is 21.9 Å². The van der Waals surface area contributed by atoms with E-state index in [0.29, 0.717) is 17.9 Å². The number of halogens is 20. The zero-order valence-electron chi connectivity index (χ0n) is 29.8. The maximum absolute atomic E-state index is 15.4. The normalized spacial score (nSPS) is 11.4. The summed E-state index contributed by atoms with van der Waals surface area (Å²) >= 11 is 0. The number of nitrogens with zero attached hydrogens (tertiary/aromatic N) is 1. The highest BCUT2D eigenvalue weighted by Crippen LogP contribution is 2.31. The molecular formula is C38H14BF20NO2. The van der Waals surface area contributed by atoms with Crippen molar-refractivity contribution in [3.05, 3.63) is 177 Å². The van der Waals surface area contributed by atoms with E-state index in [4.69, 9.17) is 4.74 Å². The average Bonchev–Trinajstić information content (AvgIpc) is 3.26. The number of aromatic nitrogens is 1. The number of rotatable bonds is 8. The largest absolute Gasteiger partial charge is 0.496 e. The number of pyridine rings is 1. The standard InChI is InChI=1S/C24BF20.C14H14NO2/c26-5-1(6(27)14(35)21(42)13(5)34)25(2-7(28)15(36)22(43)16(37)8(2)29,3-9(30)17(38)23(44)18(39)10(3)31)4-11(32)19(40)24(45)20(41)12(4)33;1-17-14-8-4-3-7-12(14)13(16)11-15-9-5-2-6-10-15/h;2-10H,11H2,1H3/q-1;+1. The Bertz CT molecular complexity index is 2410. The molecule has 1 aromatic heterocycles. The Hall–Kier alpha value is -6.62. The summed E-state index contributed by atoms with van der Waals surface area (Å²) in [5.41, 5.74) is -13.7. The molecule has 0 unspecified atom stereocenters. The quantitative estimate of drug-likeness (QED) is 0.0392. The van der Waals surface area contributed by atoms with Crippen LogP contribution < -0.4 is 31.2 Å². The molecule has 0 fully saturated rings. The molecule has 0 saturated carbocycles. The van der Waals surface area contributed by atoms with Gasteiger partial charge in [-0.25, -0.2) is 87.8 Å². The van der Waals surface area contributed by atoms with Gasteiger partial charge in [-0.2, -0.15) is 4.57 Å². The Morgan fingerprint density at radius 1 is 0.403 bits per heavy atom. The van der Waals surface area contributed by atoms with E-state index in [2.05, 4.69) is 0 Å². The summed E-state index contributed by atoms with van der Waals surface area (Å²) in [5.74, 6) is -70.7. The predicted molar refractivity (Wildman–Crippen MR) is 173 cm³/mol. The molecule has 0 radical (unpaired) electrons. The smallest absolute Gasteiger partial charge is 0.231 e. The highest BCUT2D eigenvalue weighted by Gasteiger charge is 2.52. The molecule has 0 amide bonds. The minimum absolute atomic E-state index is 0.0404. The third-order valence-corrected chi connectivity index (χ3v) is 9.22. The predicted octanol–water partition coefficient (Wildman–Crippen LogP) is 7.71. The van der Waals surface area contributed by atoms with Crippen LogP contribution in [-0.2, 0) is 6.54 Å². The number of Topliss-reactive ketones (excluding diaryl/α,β-unsaturated/α-hetero) is 1. The van der Waals surface area contributed by atoms with Gasteiger partial charge >= 0.3 is 0 Å². The van der Waals surface area contributed by atoms with Gasteiger partial charge in [0.1, 0.15) is 58.4 Å². The number of hydrogen-bond donors (Lipinski definition) is 0. The van der Waals surface area contributed by atoms with E-state index in [-0.39, 0.29) is 5.78 Å². The molecule has 1 heterocycles. The molecule has 0 aliphatic carbocycles. The molecular weight excluding hydrogens is 893 g/mol. The number of methoxy groups -OCH3 is 1. The van der Waals surface area contributed by atoms with E-state index in [1.165, 1.54) is 0 Å². The molecule has 6 rings (SSSR count). The highest BCUT2D eigenvalue weighted by atomic mass is 19.2. The number of carbonyl (C=O) groups is 1. The van der Waals surface area contributed by atoms with Crippen LogP contribution in [-0.4, -0.2) is 19.0 Å². The van der Waals surface area contributed by atoms with E-state index in [1.54, 1.807) is 19.2 Å². The van der Waals surface area contributed by atoms with Gasteiger partial charge < -0.3 is 4.74 Å². The molecule has 0 aliphatic heterocycles. The van der Waals surface area contributed by atoms with Crippen LogP contribution in [0.4, 0.5) is 87.8 Å². The fraction of sp³-hybridized carbons (Fsp3) is 0.0526. The van der Waals surface area contributed by atoms with Gasteiger partial charge in [-0.1, -0.05) is 18.2 Å². The van der Waals surface area contributed by atoms with Gasteiger partial charge in [-0.3, -0.25) is 4.79 Å². The van der Waals surface area contributed by atoms with Gasteiger partial charge in [0.15, 0.2) is 82.2 Å². The first-order valence-electron chi connectivity index (χ1n) is 16.3. The first kappa shape index (κ1) is 46.5. The second-order valence-corrected chi connectivity index (χ2v) is 12.5. The Balaban J connectivity index is 0.000000355. The minimum atomic E-state index is -7.22. The summed E-state index contributed by atoms with van der Waals surface area (Å²) in [7, 11) is 1.57. The molecule has 0 aliphatic rings. The second kappa shape index (κ2) is 17.4. The van der Waals surface area contributed by atoms with Gasteiger partial charge in [0.05, 0.1) is 12.7 Å². The summed E-state index contributed by atoms with van der Waals surface area (Å²) < 4.78 is 301. The summed E-state index contributed by atoms with van der Waals surface area (Å²) in [4.78, 5) is 12.1. The van der Waals surface area contributed by atoms with Crippen LogP contribution in [0.2, 0.25) is 0 Å². The van der Waals surface area contributed by atoms with E-state index in [0.717, 1.165) is 0 Å². The Labute approximate surface area is 331 Å². The zero-order valence-corrected chi connectivity index (χ0v) is 29.8. The van der Waals surface area contributed by atoms with E-state index < -0.39 is 144 Å². The lowest BCUT2D eigenvalue weighted by Crippen LogP contribution is -2.81. The number of ketones is 1. The molecule has 0 bridgehead atoms. The molecule has 0 saturated heterocycles. The molecule has 5 aromatic carbocycles. The lowest BCUT2D eigenvalue weighted by atomic mass is 9.12. The number of carbonyl (C=O) groups excluding carboxylic acids is 1. The first-order valence-corrected chi connectivity index (χ1v) is 16.3.